The van der Waals surface area contributed by atoms with Crippen LogP contribution in [0.5, 0.6) is 0 Å². The molecule has 0 aromatic heterocycles. The number of carbonyl (C=O) groups excluding carboxylic acids is 1. The highest BCUT2D eigenvalue weighted by Gasteiger charge is 2.23. The fourth-order valence-electron chi connectivity index (χ4n) is 1.77. The predicted molar refractivity (Wildman–Crippen MR) is 76.8 cm³/mol. The van der Waals surface area contributed by atoms with E-state index in [0.717, 1.165) is 10.0 Å². The molecule has 4 heteroatoms. The second-order valence-electron chi connectivity index (χ2n) is 5.12. The third kappa shape index (κ3) is 4.10. The van der Waals surface area contributed by atoms with Crippen molar-refractivity contribution in [2.24, 2.45) is 0 Å². The monoisotopic (exact) mass is 313 g/mol. The molecular weight excluding hydrogens is 294 g/mol. The Balaban J connectivity index is 3.00. The van der Waals surface area contributed by atoms with E-state index in [1.54, 1.807) is 18.7 Å². The van der Waals surface area contributed by atoms with E-state index in [1.165, 1.54) is 0 Å². The zero-order valence-corrected chi connectivity index (χ0v) is 12.9. The number of hydrogen-bond donors (Lipinski definition) is 1. The highest BCUT2D eigenvalue weighted by atomic mass is 79.9. The lowest BCUT2D eigenvalue weighted by Crippen LogP contribution is -2.42. The zero-order valence-electron chi connectivity index (χ0n) is 11.3. The van der Waals surface area contributed by atoms with Gasteiger partial charge in [-0.15, -0.1) is 0 Å². The lowest BCUT2D eigenvalue weighted by Gasteiger charge is -2.28. The molecule has 0 saturated heterocycles. The summed E-state index contributed by atoms with van der Waals surface area (Å²) >= 11 is 3.40. The molecule has 0 unspecified atom stereocenters. The van der Waals surface area contributed by atoms with Crippen LogP contribution in [-0.4, -0.2) is 34.6 Å². The molecule has 0 bridgehead atoms. The molecule has 1 aromatic carbocycles. The Hall–Kier alpha value is -0.870. The smallest absolute Gasteiger partial charge is 0.255 e. The van der Waals surface area contributed by atoms with Gasteiger partial charge in [-0.05, 0) is 55.8 Å². The Bertz CT molecular complexity index is 438. The molecule has 0 fully saturated rings. The van der Waals surface area contributed by atoms with Gasteiger partial charge in [0.25, 0.3) is 5.91 Å². The van der Waals surface area contributed by atoms with E-state index in [9.17, 15) is 9.90 Å². The van der Waals surface area contributed by atoms with E-state index < -0.39 is 5.60 Å². The van der Waals surface area contributed by atoms with Gasteiger partial charge in [0, 0.05) is 17.6 Å². The van der Waals surface area contributed by atoms with E-state index >= 15 is 0 Å². The van der Waals surface area contributed by atoms with Gasteiger partial charge in [0.05, 0.1) is 11.2 Å². The minimum absolute atomic E-state index is 0.0600. The van der Waals surface area contributed by atoms with Crippen LogP contribution in [0, 0.1) is 6.92 Å². The van der Waals surface area contributed by atoms with Gasteiger partial charge in [-0.3, -0.25) is 4.79 Å². The number of nitrogens with zero attached hydrogens (tertiary/aromatic N) is 1. The van der Waals surface area contributed by atoms with Crippen LogP contribution in [0.1, 0.15) is 36.7 Å². The van der Waals surface area contributed by atoms with Crippen molar-refractivity contribution < 1.29 is 9.90 Å². The molecule has 0 aliphatic heterocycles. The first kappa shape index (κ1) is 15.2. The average Bonchev–Trinajstić information content (AvgIpc) is 2.27. The number of carbonyl (C=O) groups is 1. The second-order valence-corrected chi connectivity index (χ2v) is 5.97. The molecule has 100 valence electrons. The van der Waals surface area contributed by atoms with Crippen molar-refractivity contribution in [3.8, 4) is 0 Å². The van der Waals surface area contributed by atoms with Crippen LogP contribution in [0.15, 0.2) is 22.7 Å². The number of halogens is 1. The van der Waals surface area contributed by atoms with E-state index in [0.29, 0.717) is 18.7 Å². The number of aryl methyl sites for hydroxylation is 1. The maximum atomic E-state index is 12.4. The highest BCUT2D eigenvalue weighted by Crippen LogP contribution is 2.20. The van der Waals surface area contributed by atoms with E-state index in [-0.39, 0.29) is 5.91 Å². The molecule has 0 aliphatic carbocycles. The summed E-state index contributed by atoms with van der Waals surface area (Å²) in [7, 11) is 0. The van der Waals surface area contributed by atoms with Crippen molar-refractivity contribution in [1.82, 2.24) is 4.90 Å². The number of benzene rings is 1. The van der Waals surface area contributed by atoms with Crippen molar-refractivity contribution in [2.75, 3.05) is 13.1 Å². The first-order valence-electron chi connectivity index (χ1n) is 6.02. The number of rotatable bonds is 4. The van der Waals surface area contributed by atoms with Crippen molar-refractivity contribution in [3.05, 3.63) is 33.8 Å². The molecule has 18 heavy (non-hydrogen) atoms. The quantitative estimate of drug-likeness (QED) is 0.928. The van der Waals surface area contributed by atoms with Crippen LogP contribution in [0.25, 0.3) is 0 Å². The zero-order chi connectivity index (χ0) is 13.9. The largest absolute Gasteiger partial charge is 0.389 e. The van der Waals surface area contributed by atoms with Gasteiger partial charge < -0.3 is 10.0 Å². The molecular formula is C14H20BrNO2. The van der Waals surface area contributed by atoms with Crippen LogP contribution in [0.2, 0.25) is 0 Å². The lowest BCUT2D eigenvalue weighted by molar-refractivity contribution is 0.0314. The third-order valence-electron chi connectivity index (χ3n) is 2.60. The van der Waals surface area contributed by atoms with Crippen LogP contribution in [-0.2, 0) is 0 Å². The second kappa shape index (κ2) is 5.85. The number of hydrogen-bond acceptors (Lipinski definition) is 2. The fourth-order valence-corrected chi connectivity index (χ4v) is 2.18. The SMILES string of the molecule is CCN(CC(C)(C)O)C(=O)c1cc(C)ccc1Br. The lowest BCUT2D eigenvalue weighted by atomic mass is 10.1. The van der Waals surface area contributed by atoms with Crippen LogP contribution < -0.4 is 0 Å². The van der Waals surface area contributed by atoms with E-state index in [1.807, 2.05) is 32.0 Å². The summed E-state index contributed by atoms with van der Waals surface area (Å²) in [6.45, 7) is 8.16. The average molecular weight is 314 g/mol. The normalized spacial score (nSPS) is 11.4. The van der Waals surface area contributed by atoms with Crippen LogP contribution >= 0.6 is 15.9 Å². The minimum Gasteiger partial charge on any atom is -0.389 e. The van der Waals surface area contributed by atoms with E-state index in [2.05, 4.69) is 15.9 Å². The molecule has 1 aromatic rings. The molecule has 0 atom stereocenters. The van der Waals surface area contributed by atoms with Crippen LogP contribution in [0.4, 0.5) is 0 Å². The predicted octanol–water partition coefficient (Wildman–Crippen LogP) is 2.99. The first-order valence-corrected chi connectivity index (χ1v) is 6.81. The van der Waals surface area contributed by atoms with Crippen molar-refractivity contribution >= 4 is 21.8 Å². The number of likely N-dealkylation sites (N-methyl/N-ethyl adjacent to an activating group) is 1. The molecule has 0 spiro atoms. The third-order valence-corrected chi connectivity index (χ3v) is 3.29. The first-order chi connectivity index (χ1) is 8.24. The van der Waals surface area contributed by atoms with Gasteiger partial charge in [0.15, 0.2) is 0 Å². The molecule has 3 nitrogen and oxygen atoms in total. The summed E-state index contributed by atoms with van der Waals surface area (Å²) in [5.41, 5.74) is 0.795. The summed E-state index contributed by atoms with van der Waals surface area (Å²) in [6, 6.07) is 5.69. The topological polar surface area (TPSA) is 40.5 Å². The Morgan fingerprint density at radius 2 is 2.06 bits per heavy atom. The Morgan fingerprint density at radius 3 is 2.56 bits per heavy atom. The number of amides is 1. The molecule has 1 rings (SSSR count). The Labute approximate surface area is 117 Å². The summed E-state index contributed by atoms with van der Waals surface area (Å²) in [6.07, 6.45) is 0. The molecule has 1 N–H and O–H groups in total. The molecule has 0 radical (unpaired) electrons. The van der Waals surface area contributed by atoms with Gasteiger partial charge in [-0.2, -0.15) is 0 Å². The number of aliphatic hydroxyl groups is 1. The van der Waals surface area contributed by atoms with Gasteiger partial charge in [-0.25, -0.2) is 0 Å². The van der Waals surface area contributed by atoms with Gasteiger partial charge in [0.1, 0.15) is 0 Å². The Kier molecular flexibility index (Phi) is 4.93. The maximum Gasteiger partial charge on any atom is 0.255 e. The summed E-state index contributed by atoms with van der Waals surface area (Å²) < 4.78 is 0.785. The maximum absolute atomic E-state index is 12.4. The molecule has 0 heterocycles. The van der Waals surface area contributed by atoms with E-state index in [4.69, 9.17) is 0 Å². The minimum atomic E-state index is -0.887. The molecule has 0 aliphatic rings. The van der Waals surface area contributed by atoms with Crippen molar-refractivity contribution in [3.63, 3.8) is 0 Å². The van der Waals surface area contributed by atoms with Crippen molar-refractivity contribution in [1.29, 1.82) is 0 Å². The highest BCUT2D eigenvalue weighted by molar-refractivity contribution is 9.10. The van der Waals surface area contributed by atoms with Gasteiger partial charge >= 0.3 is 0 Å². The summed E-state index contributed by atoms with van der Waals surface area (Å²) in [4.78, 5) is 14.1. The molecule has 1 amide bonds. The van der Waals surface area contributed by atoms with Crippen molar-refractivity contribution in [2.45, 2.75) is 33.3 Å². The molecule has 0 saturated carbocycles. The van der Waals surface area contributed by atoms with Crippen LogP contribution in [0.3, 0.4) is 0 Å². The van der Waals surface area contributed by atoms with Gasteiger partial charge in [0.2, 0.25) is 0 Å². The Morgan fingerprint density at radius 1 is 1.44 bits per heavy atom. The standard InChI is InChI=1S/C14H20BrNO2/c1-5-16(9-14(3,4)18)13(17)11-8-10(2)6-7-12(11)15/h6-8,18H,5,9H2,1-4H3. The summed E-state index contributed by atoms with van der Waals surface area (Å²) in [5, 5.41) is 9.83. The fraction of sp³-hybridized carbons (Fsp3) is 0.500. The summed E-state index contributed by atoms with van der Waals surface area (Å²) in [5.74, 6) is -0.0600. The van der Waals surface area contributed by atoms with Gasteiger partial charge in [-0.1, -0.05) is 11.6 Å².